The van der Waals surface area contributed by atoms with E-state index in [0.29, 0.717) is 76.8 Å². The lowest BCUT2D eigenvalue weighted by molar-refractivity contribution is -0.385. The summed E-state index contributed by atoms with van der Waals surface area (Å²) in [7, 11) is 0. The number of benzene rings is 1. The van der Waals surface area contributed by atoms with Gasteiger partial charge in [0, 0.05) is 19.5 Å². The molecule has 0 saturated carbocycles. The fourth-order valence-electron chi connectivity index (χ4n) is 5.29. The van der Waals surface area contributed by atoms with Crippen molar-refractivity contribution < 1.29 is 37.9 Å². The number of piperidine rings is 2. The summed E-state index contributed by atoms with van der Waals surface area (Å²) in [6, 6.07) is 1.42. The highest BCUT2D eigenvalue weighted by Crippen LogP contribution is 2.33. The summed E-state index contributed by atoms with van der Waals surface area (Å²) in [6.07, 6.45) is 3.01. The Hall–Kier alpha value is -2.86. The Morgan fingerprint density at radius 1 is 1.05 bits per heavy atom. The second-order valence-corrected chi connectivity index (χ2v) is 12.3. The molecule has 2 aliphatic rings. The molecule has 12 heteroatoms. The maximum atomic E-state index is 14.4. The van der Waals surface area contributed by atoms with Crippen LogP contribution in [0.1, 0.15) is 79.1 Å². The van der Waals surface area contributed by atoms with Crippen molar-refractivity contribution in [3.05, 3.63) is 33.9 Å². The maximum absolute atomic E-state index is 14.4. The summed E-state index contributed by atoms with van der Waals surface area (Å²) in [5.41, 5.74) is -3.59. The highest BCUT2D eigenvalue weighted by molar-refractivity contribution is 5.71. The van der Waals surface area contributed by atoms with Crippen LogP contribution in [0.4, 0.5) is 20.2 Å². The van der Waals surface area contributed by atoms with E-state index >= 15 is 0 Å². The number of ether oxygens (including phenoxy) is 2. The van der Waals surface area contributed by atoms with Gasteiger partial charge < -0.3 is 24.8 Å². The second-order valence-electron chi connectivity index (χ2n) is 12.3. The molecule has 0 aliphatic carbocycles. The highest BCUT2D eigenvalue weighted by Gasteiger charge is 2.36. The van der Waals surface area contributed by atoms with E-state index in [9.17, 15) is 33.6 Å². The molecule has 0 amide bonds. The molecule has 3 rings (SSSR count). The van der Waals surface area contributed by atoms with Crippen LogP contribution in [0.5, 0.6) is 0 Å². The number of nitro groups is 1. The van der Waals surface area contributed by atoms with Crippen molar-refractivity contribution in [1.29, 1.82) is 0 Å². The molecule has 0 spiro atoms. The van der Waals surface area contributed by atoms with Crippen LogP contribution in [0.3, 0.4) is 0 Å². The number of nitro benzene ring substituents is 1. The number of nitrogens with one attached hydrogen (secondary N) is 1. The van der Waals surface area contributed by atoms with Crippen LogP contribution >= 0.6 is 0 Å². The number of carbonyl (C=O) groups is 2. The van der Waals surface area contributed by atoms with Crippen molar-refractivity contribution in [3.63, 3.8) is 0 Å². The monoisotopic (exact) mass is 569 g/mol. The first-order valence-corrected chi connectivity index (χ1v) is 13.8. The van der Waals surface area contributed by atoms with Gasteiger partial charge in [0.25, 0.3) is 5.69 Å². The molecule has 2 saturated heterocycles. The topological polar surface area (TPSA) is 131 Å². The van der Waals surface area contributed by atoms with Crippen LogP contribution in [-0.2, 0) is 19.1 Å². The van der Waals surface area contributed by atoms with Crippen LogP contribution in [-0.4, -0.2) is 65.0 Å². The molecule has 2 heterocycles. The summed E-state index contributed by atoms with van der Waals surface area (Å²) < 4.78 is 40.2. The Balaban J connectivity index is 1.43. The van der Waals surface area contributed by atoms with Crippen molar-refractivity contribution in [2.75, 3.05) is 31.1 Å². The van der Waals surface area contributed by atoms with Gasteiger partial charge in [-0.15, -0.1) is 0 Å². The van der Waals surface area contributed by atoms with Gasteiger partial charge in [-0.05, 0) is 85.2 Å². The van der Waals surface area contributed by atoms with Crippen molar-refractivity contribution in [1.82, 2.24) is 5.32 Å². The zero-order valence-corrected chi connectivity index (χ0v) is 23.8. The van der Waals surface area contributed by atoms with Gasteiger partial charge >= 0.3 is 11.9 Å². The third kappa shape index (κ3) is 9.09. The summed E-state index contributed by atoms with van der Waals surface area (Å²) in [6.45, 7) is 9.09. The van der Waals surface area contributed by atoms with Crippen LogP contribution in [0, 0.1) is 27.7 Å². The van der Waals surface area contributed by atoms with Gasteiger partial charge in [0.15, 0.2) is 11.6 Å². The van der Waals surface area contributed by atoms with Crippen molar-refractivity contribution in [3.8, 4) is 0 Å². The molecule has 0 aromatic heterocycles. The molecule has 40 heavy (non-hydrogen) atoms. The third-order valence-electron chi connectivity index (χ3n) is 7.72. The minimum atomic E-state index is -1.05. The molecule has 0 bridgehead atoms. The Kier molecular flexibility index (Phi) is 10.1. The van der Waals surface area contributed by atoms with E-state index in [0.717, 1.165) is 0 Å². The molecule has 2 N–H and O–H groups in total. The van der Waals surface area contributed by atoms with Gasteiger partial charge in [0.1, 0.15) is 16.9 Å². The van der Waals surface area contributed by atoms with E-state index in [1.807, 2.05) is 0 Å². The number of hydrogen-bond acceptors (Lipinski definition) is 9. The van der Waals surface area contributed by atoms with E-state index in [1.165, 1.54) is 4.90 Å². The first-order valence-electron chi connectivity index (χ1n) is 13.8. The van der Waals surface area contributed by atoms with Crippen LogP contribution in [0.2, 0.25) is 0 Å². The van der Waals surface area contributed by atoms with Gasteiger partial charge in [-0.3, -0.25) is 19.7 Å². The average Bonchev–Trinajstić information content (AvgIpc) is 2.83. The number of non-ortho nitro benzene ring substituents is 1. The Morgan fingerprint density at radius 2 is 1.55 bits per heavy atom. The lowest BCUT2D eigenvalue weighted by atomic mass is 9.89. The van der Waals surface area contributed by atoms with Crippen LogP contribution in [0.25, 0.3) is 0 Å². The quantitative estimate of drug-likeness (QED) is 0.226. The lowest BCUT2D eigenvalue weighted by Gasteiger charge is -2.35. The van der Waals surface area contributed by atoms with Gasteiger partial charge in [0.2, 0.25) is 0 Å². The molecule has 0 unspecified atom stereocenters. The van der Waals surface area contributed by atoms with Gasteiger partial charge in [-0.2, -0.15) is 0 Å². The molecular weight excluding hydrogens is 528 g/mol. The number of halogens is 2. The number of aliphatic hydroxyl groups is 1. The van der Waals surface area contributed by atoms with Crippen LogP contribution < -0.4 is 10.2 Å². The SMILES string of the molecule is CC(C)(CCC(C)(C)OC(=O)CC1(O)CCNCC1)OC(=O)CC1CCN(c2c(F)cc([N+](=O)[O-])cc2F)CC1. The molecule has 1 aromatic rings. The lowest BCUT2D eigenvalue weighted by Crippen LogP contribution is -2.44. The van der Waals surface area contributed by atoms with Gasteiger partial charge in [-0.1, -0.05) is 0 Å². The second kappa shape index (κ2) is 12.8. The molecule has 224 valence electrons. The van der Waals surface area contributed by atoms with E-state index in [2.05, 4.69) is 5.32 Å². The largest absolute Gasteiger partial charge is 0.460 e. The van der Waals surface area contributed by atoms with Crippen molar-refractivity contribution in [2.24, 2.45) is 5.92 Å². The van der Waals surface area contributed by atoms with Crippen LogP contribution in [0.15, 0.2) is 12.1 Å². The average molecular weight is 570 g/mol. The number of rotatable bonds is 11. The number of nitrogens with zero attached hydrogens (tertiary/aromatic N) is 2. The van der Waals surface area contributed by atoms with Gasteiger partial charge in [-0.25, -0.2) is 8.78 Å². The fraction of sp³-hybridized carbons (Fsp3) is 0.714. The molecular formula is C28H41F2N3O7. The predicted octanol–water partition coefficient (Wildman–Crippen LogP) is 4.41. The molecule has 0 radical (unpaired) electrons. The van der Waals surface area contributed by atoms with Crippen molar-refractivity contribution in [2.45, 2.75) is 95.9 Å². The zero-order chi connectivity index (χ0) is 29.7. The molecule has 0 atom stereocenters. The summed E-state index contributed by atoms with van der Waals surface area (Å²) in [5, 5.41) is 24.6. The number of esters is 2. The minimum Gasteiger partial charge on any atom is -0.460 e. The normalized spacial score (nSPS) is 18.3. The highest BCUT2D eigenvalue weighted by atomic mass is 19.1. The standard InChI is InChI=1S/C28H41F2N3O7/c1-26(2,7-8-27(3,4)40-24(35)18-28(36)9-11-31-12-10-28)39-23(34)15-19-5-13-32(14-6-19)25-21(29)16-20(33(37)38)17-22(25)30/h16-17,19,31,36H,5-15,18H2,1-4H3. The summed E-state index contributed by atoms with van der Waals surface area (Å²) >= 11 is 0. The third-order valence-corrected chi connectivity index (χ3v) is 7.72. The Bertz CT molecular complexity index is 1060. The zero-order valence-electron chi connectivity index (χ0n) is 23.8. The first kappa shape index (κ1) is 31.7. The maximum Gasteiger partial charge on any atom is 0.309 e. The van der Waals surface area contributed by atoms with Gasteiger partial charge in [0.05, 0.1) is 29.1 Å². The summed E-state index contributed by atoms with van der Waals surface area (Å²) in [4.78, 5) is 36.7. The minimum absolute atomic E-state index is 0.0260. The number of hydrogen-bond donors (Lipinski definition) is 2. The molecule has 10 nitrogen and oxygen atoms in total. The fourth-order valence-corrected chi connectivity index (χ4v) is 5.29. The Labute approximate surface area is 233 Å². The van der Waals surface area contributed by atoms with Crippen molar-refractivity contribution >= 4 is 23.3 Å². The molecule has 1 aromatic carbocycles. The van der Waals surface area contributed by atoms with E-state index in [-0.39, 0.29) is 30.4 Å². The number of carbonyl (C=O) groups excluding carboxylic acids is 2. The summed E-state index contributed by atoms with van der Waals surface area (Å²) in [5.74, 6) is -2.82. The van der Waals surface area contributed by atoms with E-state index in [1.54, 1.807) is 27.7 Å². The predicted molar refractivity (Wildman–Crippen MR) is 144 cm³/mol. The Morgan fingerprint density at radius 3 is 2.05 bits per heavy atom. The van der Waals surface area contributed by atoms with E-state index in [4.69, 9.17) is 9.47 Å². The smallest absolute Gasteiger partial charge is 0.309 e. The number of anilines is 1. The molecule has 2 fully saturated rings. The first-order chi connectivity index (χ1) is 18.6. The van der Waals surface area contributed by atoms with E-state index < -0.39 is 45.0 Å². The molecule has 2 aliphatic heterocycles.